The molecule has 0 aromatic heterocycles. The molecule has 27 heavy (non-hydrogen) atoms. The molecule has 1 aliphatic rings. The monoisotopic (exact) mass is 356 g/mol. The standard InChI is InChI=1S/C25H28N2/c1-20-19-27(24(18-26-20)17-21-11-5-2-6-12-21)25(22-13-7-3-8-14-22)23-15-9-4-10-16-23/h2-16,20,24-26H,17-19H2,1H3/t20-,24-/m1/s1. The van der Waals surface area contributed by atoms with Crippen LogP contribution in [0.4, 0.5) is 0 Å². The molecule has 1 saturated heterocycles. The zero-order chi connectivity index (χ0) is 18.5. The van der Waals surface area contributed by atoms with Crippen molar-refractivity contribution in [3.8, 4) is 0 Å². The molecule has 3 aromatic carbocycles. The van der Waals surface area contributed by atoms with E-state index in [1.54, 1.807) is 0 Å². The van der Waals surface area contributed by atoms with Crippen LogP contribution in [0.3, 0.4) is 0 Å². The maximum absolute atomic E-state index is 3.70. The van der Waals surface area contributed by atoms with Crippen LogP contribution in [0, 0.1) is 0 Å². The topological polar surface area (TPSA) is 15.3 Å². The summed E-state index contributed by atoms with van der Waals surface area (Å²) in [4.78, 5) is 2.71. The van der Waals surface area contributed by atoms with E-state index in [4.69, 9.17) is 0 Å². The molecule has 4 rings (SSSR count). The minimum Gasteiger partial charge on any atom is -0.311 e. The number of rotatable bonds is 5. The second kappa shape index (κ2) is 8.51. The van der Waals surface area contributed by atoms with E-state index >= 15 is 0 Å². The van der Waals surface area contributed by atoms with Crippen LogP contribution in [0.2, 0.25) is 0 Å². The molecule has 138 valence electrons. The van der Waals surface area contributed by atoms with Gasteiger partial charge in [-0.1, -0.05) is 91.0 Å². The van der Waals surface area contributed by atoms with Gasteiger partial charge in [0, 0.05) is 25.2 Å². The van der Waals surface area contributed by atoms with Crippen molar-refractivity contribution in [2.75, 3.05) is 13.1 Å². The highest BCUT2D eigenvalue weighted by Gasteiger charge is 2.33. The van der Waals surface area contributed by atoms with Crippen molar-refractivity contribution < 1.29 is 0 Å². The highest BCUT2D eigenvalue weighted by Crippen LogP contribution is 2.32. The lowest BCUT2D eigenvalue weighted by atomic mass is 9.92. The summed E-state index contributed by atoms with van der Waals surface area (Å²) in [6.07, 6.45) is 1.07. The number of hydrogen-bond acceptors (Lipinski definition) is 2. The Hall–Kier alpha value is -2.42. The normalized spacial score (nSPS) is 20.7. The van der Waals surface area contributed by atoms with Crippen LogP contribution in [0.25, 0.3) is 0 Å². The van der Waals surface area contributed by atoms with Crippen molar-refractivity contribution in [1.82, 2.24) is 10.2 Å². The van der Waals surface area contributed by atoms with Crippen LogP contribution in [-0.2, 0) is 6.42 Å². The van der Waals surface area contributed by atoms with E-state index < -0.39 is 0 Å². The first kappa shape index (κ1) is 18.0. The van der Waals surface area contributed by atoms with Gasteiger partial charge in [0.05, 0.1) is 6.04 Å². The van der Waals surface area contributed by atoms with E-state index in [0.717, 1.165) is 19.5 Å². The first-order valence-corrected chi connectivity index (χ1v) is 9.94. The average Bonchev–Trinajstić information content (AvgIpc) is 2.73. The predicted octanol–water partition coefficient (Wildman–Crippen LogP) is 4.68. The number of hydrogen-bond donors (Lipinski definition) is 1. The lowest BCUT2D eigenvalue weighted by Gasteiger charge is -2.44. The summed E-state index contributed by atoms with van der Waals surface area (Å²) in [5.41, 5.74) is 4.15. The number of piperazine rings is 1. The van der Waals surface area contributed by atoms with Crippen molar-refractivity contribution in [2.24, 2.45) is 0 Å². The van der Waals surface area contributed by atoms with Crippen LogP contribution >= 0.6 is 0 Å². The maximum atomic E-state index is 3.70. The summed E-state index contributed by atoms with van der Waals surface area (Å²) >= 11 is 0. The molecule has 1 N–H and O–H groups in total. The fraction of sp³-hybridized carbons (Fsp3) is 0.280. The summed E-state index contributed by atoms with van der Waals surface area (Å²) in [7, 11) is 0. The number of nitrogens with one attached hydrogen (secondary N) is 1. The SMILES string of the molecule is C[C@@H]1CN(C(c2ccccc2)c2ccccc2)[C@H](Cc2ccccc2)CN1. The van der Waals surface area contributed by atoms with Crippen LogP contribution in [0.5, 0.6) is 0 Å². The van der Waals surface area contributed by atoms with Gasteiger partial charge in [0.25, 0.3) is 0 Å². The minimum absolute atomic E-state index is 0.283. The molecule has 0 saturated carbocycles. The molecule has 1 aliphatic heterocycles. The van der Waals surface area contributed by atoms with Gasteiger partial charge in [-0.25, -0.2) is 0 Å². The largest absolute Gasteiger partial charge is 0.311 e. The molecule has 2 atom stereocenters. The lowest BCUT2D eigenvalue weighted by Crippen LogP contribution is -2.57. The third kappa shape index (κ3) is 4.29. The Bertz CT molecular complexity index is 777. The quantitative estimate of drug-likeness (QED) is 0.714. The molecular weight excluding hydrogens is 328 g/mol. The molecule has 1 fully saturated rings. The summed E-state index contributed by atoms with van der Waals surface area (Å²) in [5.74, 6) is 0. The smallest absolute Gasteiger partial charge is 0.0605 e. The first-order valence-electron chi connectivity index (χ1n) is 9.94. The van der Waals surface area contributed by atoms with Crippen molar-refractivity contribution in [2.45, 2.75) is 31.5 Å². The average molecular weight is 357 g/mol. The van der Waals surface area contributed by atoms with Crippen LogP contribution in [-0.4, -0.2) is 30.1 Å². The maximum Gasteiger partial charge on any atom is 0.0605 e. The van der Waals surface area contributed by atoms with Crippen LogP contribution in [0.15, 0.2) is 91.0 Å². The van der Waals surface area contributed by atoms with Gasteiger partial charge in [-0.15, -0.1) is 0 Å². The van der Waals surface area contributed by atoms with Crippen molar-refractivity contribution in [1.29, 1.82) is 0 Å². The fourth-order valence-electron chi connectivity index (χ4n) is 4.22. The van der Waals surface area contributed by atoms with E-state index in [1.165, 1.54) is 16.7 Å². The number of nitrogens with zero attached hydrogens (tertiary/aromatic N) is 1. The Kier molecular flexibility index (Phi) is 5.66. The van der Waals surface area contributed by atoms with Crippen molar-refractivity contribution in [3.63, 3.8) is 0 Å². The summed E-state index contributed by atoms with van der Waals surface area (Å²) < 4.78 is 0. The van der Waals surface area contributed by atoms with Gasteiger partial charge in [0.15, 0.2) is 0 Å². The van der Waals surface area contributed by atoms with Gasteiger partial charge in [-0.3, -0.25) is 4.90 Å². The molecule has 0 amide bonds. The Morgan fingerprint density at radius 3 is 1.89 bits per heavy atom. The van der Waals surface area contributed by atoms with Crippen molar-refractivity contribution in [3.05, 3.63) is 108 Å². The van der Waals surface area contributed by atoms with Crippen LogP contribution in [0.1, 0.15) is 29.7 Å². The van der Waals surface area contributed by atoms with Gasteiger partial charge < -0.3 is 5.32 Å². The second-order valence-corrected chi connectivity index (χ2v) is 7.57. The molecule has 0 radical (unpaired) electrons. The van der Waals surface area contributed by atoms with Gasteiger partial charge in [-0.2, -0.15) is 0 Å². The Morgan fingerprint density at radius 2 is 1.33 bits per heavy atom. The minimum atomic E-state index is 0.283. The molecule has 2 heteroatoms. The molecule has 2 nitrogen and oxygen atoms in total. The molecule has 0 bridgehead atoms. The van der Waals surface area contributed by atoms with E-state index in [9.17, 15) is 0 Å². The summed E-state index contributed by atoms with van der Waals surface area (Å²) in [6, 6.07) is 34.0. The predicted molar refractivity (Wildman–Crippen MR) is 113 cm³/mol. The Morgan fingerprint density at radius 1 is 0.815 bits per heavy atom. The molecule has 0 spiro atoms. The zero-order valence-electron chi connectivity index (χ0n) is 16.0. The third-order valence-electron chi connectivity index (χ3n) is 5.53. The second-order valence-electron chi connectivity index (χ2n) is 7.57. The Labute approximate surface area is 162 Å². The Balaban J connectivity index is 1.70. The molecular formula is C25H28N2. The highest BCUT2D eigenvalue weighted by molar-refractivity contribution is 5.32. The number of benzene rings is 3. The van der Waals surface area contributed by atoms with E-state index in [1.807, 2.05) is 0 Å². The summed E-state index contributed by atoms with van der Waals surface area (Å²) in [6.45, 7) is 4.36. The molecule has 3 aromatic rings. The van der Waals surface area contributed by atoms with E-state index in [-0.39, 0.29) is 6.04 Å². The lowest BCUT2D eigenvalue weighted by molar-refractivity contribution is 0.102. The molecule has 0 unspecified atom stereocenters. The van der Waals surface area contributed by atoms with Gasteiger partial charge in [0.2, 0.25) is 0 Å². The zero-order valence-corrected chi connectivity index (χ0v) is 16.0. The fourth-order valence-corrected chi connectivity index (χ4v) is 4.22. The van der Waals surface area contributed by atoms with E-state index in [0.29, 0.717) is 12.1 Å². The molecule has 0 aliphatic carbocycles. The van der Waals surface area contributed by atoms with Gasteiger partial charge in [0.1, 0.15) is 0 Å². The van der Waals surface area contributed by atoms with Gasteiger partial charge >= 0.3 is 0 Å². The first-order chi connectivity index (χ1) is 13.3. The third-order valence-corrected chi connectivity index (χ3v) is 5.53. The highest BCUT2D eigenvalue weighted by atomic mass is 15.3. The van der Waals surface area contributed by atoms with E-state index in [2.05, 4.69) is 108 Å². The summed E-state index contributed by atoms with van der Waals surface area (Å²) in [5, 5.41) is 3.70. The molecule has 1 heterocycles. The van der Waals surface area contributed by atoms with Gasteiger partial charge in [-0.05, 0) is 30.0 Å². The van der Waals surface area contributed by atoms with Crippen LogP contribution < -0.4 is 5.32 Å². The van der Waals surface area contributed by atoms with Crippen molar-refractivity contribution >= 4 is 0 Å².